The first-order chi connectivity index (χ1) is 5.20. The molecule has 0 saturated carbocycles. The van der Waals surface area contributed by atoms with E-state index < -0.39 is 63.2 Å². The fraction of sp³-hybridized carbons (Fsp3) is 0. The van der Waals surface area contributed by atoms with Crippen LogP contribution >= 0.6 is 0 Å². The second kappa shape index (κ2) is 20.5. The standard InChI is InChI=1S/Dy.3IO3/c;3*2-1(3)4/q+3;3*-1. The van der Waals surface area contributed by atoms with E-state index in [0.29, 0.717) is 0 Å². The normalized spacial score (nSPS) is 8.31. The van der Waals surface area contributed by atoms with Crippen LogP contribution in [0.4, 0.5) is 0 Å². The van der Waals surface area contributed by atoms with Gasteiger partial charge in [-0.25, -0.2) is 0 Å². The van der Waals surface area contributed by atoms with Gasteiger partial charge in [-0.3, -0.25) is 0 Å². The third-order valence-corrected chi connectivity index (χ3v) is 0. The van der Waals surface area contributed by atoms with Gasteiger partial charge in [0, 0.05) is 0 Å². The first kappa shape index (κ1) is 25.1. The average molecular weight is 687 g/mol. The maximum Gasteiger partial charge on any atom is 3.00 e. The van der Waals surface area contributed by atoms with Gasteiger partial charge in [-0.1, -0.05) is 0 Å². The van der Waals surface area contributed by atoms with E-state index >= 15 is 0 Å². The number of rotatable bonds is 0. The zero-order chi connectivity index (χ0) is 10.7. The molecule has 0 unspecified atom stereocenters. The van der Waals surface area contributed by atoms with Gasteiger partial charge < -0.3 is 30.9 Å². The predicted octanol–water partition coefficient (Wildman–Crippen LogP) is -19.7. The minimum absolute atomic E-state index is 0. The summed E-state index contributed by atoms with van der Waals surface area (Å²) < 4.78 is 77.2. The van der Waals surface area contributed by atoms with Crippen molar-refractivity contribution in [2.75, 3.05) is 0 Å². The Morgan fingerprint density at radius 3 is 0.385 bits per heavy atom. The van der Waals surface area contributed by atoms with E-state index in [2.05, 4.69) is 0 Å². The van der Waals surface area contributed by atoms with Gasteiger partial charge in [-0.05, 0) is 0 Å². The minimum Gasteiger partial charge on any atom is -0.427 e. The largest absolute Gasteiger partial charge is 3.00 e. The summed E-state index contributed by atoms with van der Waals surface area (Å²) >= 11 is -12.0. The second-order valence-corrected chi connectivity index (χ2v) is 3.80. The molecule has 9 nitrogen and oxygen atoms in total. The Morgan fingerprint density at radius 2 is 0.385 bits per heavy atom. The average Bonchev–Trinajstić information content (AvgIpc) is 1.54. The Labute approximate surface area is 130 Å². The SMILES string of the molecule is [Dy+3].[O-][I+2]([O-])[O-].[O-][I+2]([O-])[O-].[O-][I+2]([O-])[O-]. The Kier molecular flexibility index (Phi) is 39.6. The van der Waals surface area contributed by atoms with Crippen LogP contribution in [-0.2, 0) is 0 Å². The first-order valence-electron chi connectivity index (χ1n) is 1.39. The van der Waals surface area contributed by atoms with Gasteiger partial charge in [-0.2, -0.15) is 0 Å². The molecule has 0 aliphatic heterocycles. The summed E-state index contributed by atoms with van der Waals surface area (Å²) in [5, 5.41) is 0. The predicted molar refractivity (Wildman–Crippen MR) is 0 cm³/mol. The molecule has 0 amide bonds. The summed E-state index contributed by atoms with van der Waals surface area (Å²) in [6, 6.07) is 0. The number of hydrogen-bond acceptors (Lipinski definition) is 9. The van der Waals surface area contributed by atoms with E-state index in [-0.39, 0.29) is 38.2 Å². The van der Waals surface area contributed by atoms with Crippen LogP contribution in [0.3, 0.4) is 0 Å². The Hall–Kier alpha value is 3.10. The number of hydrogen-bond donors (Lipinski definition) is 0. The summed E-state index contributed by atoms with van der Waals surface area (Å²) in [4.78, 5) is 0. The second-order valence-electron chi connectivity index (χ2n) is 0.567. The van der Waals surface area contributed by atoms with Crippen LogP contribution in [0.15, 0.2) is 0 Å². The zero-order valence-corrected chi connectivity index (χ0v) is 13.6. The van der Waals surface area contributed by atoms with E-state index in [1.807, 2.05) is 0 Å². The Morgan fingerprint density at radius 1 is 0.385 bits per heavy atom. The van der Waals surface area contributed by atoms with Gasteiger partial charge in [0.25, 0.3) is 63.2 Å². The van der Waals surface area contributed by atoms with Crippen LogP contribution in [-0.4, -0.2) is 0 Å². The molecule has 0 aromatic carbocycles. The number of halogens is 3. The summed E-state index contributed by atoms with van der Waals surface area (Å²) in [5.74, 6) is 0. The van der Waals surface area contributed by atoms with Crippen molar-refractivity contribution >= 4 is 0 Å². The van der Waals surface area contributed by atoms with E-state index in [1.165, 1.54) is 0 Å². The quantitative estimate of drug-likeness (QED) is 0.221. The van der Waals surface area contributed by atoms with Crippen LogP contribution in [0.5, 0.6) is 0 Å². The van der Waals surface area contributed by atoms with E-state index in [4.69, 9.17) is 30.9 Å². The molecule has 0 aliphatic carbocycles. The van der Waals surface area contributed by atoms with Crippen molar-refractivity contribution < 1.29 is 132 Å². The fourth-order valence-electron chi connectivity index (χ4n) is 0. The van der Waals surface area contributed by atoms with Crippen molar-refractivity contribution in [3.63, 3.8) is 0 Å². The third kappa shape index (κ3) is 269. The van der Waals surface area contributed by atoms with Gasteiger partial charge in [0.1, 0.15) is 0 Å². The molecular weight excluding hydrogens is 687 g/mol. The Bertz CT molecular complexity index is 43.4. The van der Waals surface area contributed by atoms with Gasteiger partial charge in [0.05, 0.1) is 0 Å². The molecule has 13 heavy (non-hydrogen) atoms. The van der Waals surface area contributed by atoms with Crippen molar-refractivity contribution in [2.45, 2.75) is 0 Å². The van der Waals surface area contributed by atoms with Crippen molar-refractivity contribution in [3.8, 4) is 0 Å². The molecule has 1 radical (unpaired) electrons. The van der Waals surface area contributed by atoms with E-state index in [9.17, 15) is 0 Å². The molecule has 85 valence electrons. The summed E-state index contributed by atoms with van der Waals surface area (Å²) in [7, 11) is 0. The van der Waals surface area contributed by atoms with E-state index in [1.54, 1.807) is 0 Å². The Balaban J connectivity index is -0.0000000450. The smallest absolute Gasteiger partial charge is 0.427 e. The van der Waals surface area contributed by atoms with Gasteiger partial charge >= 0.3 is 38.2 Å². The minimum atomic E-state index is -4.01. The maximum absolute atomic E-state index is 8.57. The maximum atomic E-state index is 8.57. The van der Waals surface area contributed by atoms with Crippen molar-refractivity contribution in [3.05, 3.63) is 0 Å². The fourth-order valence-corrected chi connectivity index (χ4v) is 0. The van der Waals surface area contributed by atoms with Crippen LogP contribution in [0.2, 0.25) is 0 Å². The molecule has 0 atom stereocenters. The van der Waals surface area contributed by atoms with Crippen molar-refractivity contribution in [1.82, 2.24) is 0 Å². The van der Waals surface area contributed by atoms with E-state index in [0.717, 1.165) is 0 Å². The topological polar surface area (TPSA) is 208 Å². The zero-order valence-electron chi connectivity index (χ0n) is 5.12. The summed E-state index contributed by atoms with van der Waals surface area (Å²) in [6.45, 7) is 0. The monoisotopic (exact) mass is 689 g/mol. The molecule has 0 spiro atoms. The van der Waals surface area contributed by atoms with Gasteiger partial charge in [-0.15, -0.1) is 0 Å². The van der Waals surface area contributed by atoms with Crippen molar-refractivity contribution in [1.29, 1.82) is 0 Å². The summed E-state index contributed by atoms with van der Waals surface area (Å²) in [5.41, 5.74) is 0. The summed E-state index contributed by atoms with van der Waals surface area (Å²) in [6.07, 6.45) is 0. The van der Waals surface area contributed by atoms with Gasteiger partial charge in [0.15, 0.2) is 0 Å². The van der Waals surface area contributed by atoms with Crippen LogP contribution < -0.4 is 94.1 Å². The molecule has 0 N–H and O–H groups in total. The molecule has 0 saturated heterocycles. The molecule has 0 fully saturated rings. The molecule has 0 heterocycles. The third-order valence-electron chi connectivity index (χ3n) is 0. The molecule has 0 aromatic rings. The molecule has 0 aliphatic rings. The van der Waals surface area contributed by atoms with Crippen LogP contribution in [0.25, 0.3) is 0 Å². The molecule has 0 rings (SSSR count). The molecular formula is DyI3O9. The first-order valence-corrected chi connectivity index (χ1v) is 9.32. The molecule has 0 bridgehead atoms. The van der Waals surface area contributed by atoms with Crippen molar-refractivity contribution in [2.24, 2.45) is 0 Å². The van der Waals surface area contributed by atoms with Crippen LogP contribution in [0, 0.1) is 38.2 Å². The van der Waals surface area contributed by atoms with Gasteiger partial charge in [0.2, 0.25) is 0 Å². The van der Waals surface area contributed by atoms with Crippen LogP contribution in [0.1, 0.15) is 0 Å². The molecule has 0 aromatic heterocycles. The molecule has 13 heteroatoms.